The molecule has 224 valence electrons. The molecule has 0 bridgehead atoms. The molecule has 3 aromatic heterocycles. The molecule has 4 aromatic rings. The Morgan fingerprint density at radius 3 is 2.67 bits per heavy atom. The molecule has 2 N–H and O–H groups in total. The van der Waals surface area contributed by atoms with Crippen LogP contribution in [-0.2, 0) is 17.8 Å². The van der Waals surface area contributed by atoms with Crippen LogP contribution in [0, 0.1) is 17.6 Å². The number of hydrogen-bond acceptors (Lipinski definition) is 10. The summed E-state index contributed by atoms with van der Waals surface area (Å²) in [5.41, 5.74) is -0.805. The van der Waals surface area contributed by atoms with Crippen LogP contribution in [0.5, 0.6) is 5.75 Å². The lowest BCUT2D eigenvalue weighted by molar-refractivity contribution is -0.127. The molecule has 1 fully saturated rings. The average molecular weight is 612 g/mol. The molecular weight excluding hydrogens is 584 g/mol. The van der Waals surface area contributed by atoms with Gasteiger partial charge in [0.25, 0.3) is 5.91 Å². The molecule has 0 atom stereocenters. The molecule has 0 unspecified atom stereocenters. The van der Waals surface area contributed by atoms with Crippen molar-refractivity contribution in [3.63, 3.8) is 0 Å². The van der Waals surface area contributed by atoms with Crippen molar-refractivity contribution in [3.8, 4) is 16.3 Å². The summed E-state index contributed by atoms with van der Waals surface area (Å²) in [6.07, 6.45) is 6.42. The van der Waals surface area contributed by atoms with Crippen LogP contribution >= 0.6 is 11.3 Å². The smallest absolute Gasteiger partial charge is 0.278 e. The summed E-state index contributed by atoms with van der Waals surface area (Å²) in [5, 5.41) is 28.0. The third-order valence-corrected chi connectivity index (χ3v) is 9.34. The maximum atomic E-state index is 14.2. The number of carbonyl (C=O) groups is 2. The second-order valence-corrected chi connectivity index (χ2v) is 11.8. The van der Waals surface area contributed by atoms with E-state index in [1.165, 1.54) is 34.3 Å². The van der Waals surface area contributed by atoms with Gasteiger partial charge in [0.05, 0.1) is 11.8 Å². The third kappa shape index (κ3) is 4.92. The molecule has 1 aliphatic heterocycles. The van der Waals surface area contributed by atoms with Gasteiger partial charge in [-0.25, -0.2) is 8.78 Å². The first-order chi connectivity index (χ1) is 20.6. The summed E-state index contributed by atoms with van der Waals surface area (Å²) in [7, 11) is 3.38. The maximum absolute atomic E-state index is 14.2. The minimum Gasteiger partial charge on any atom is -0.502 e. The van der Waals surface area contributed by atoms with Crippen LogP contribution in [0.15, 0.2) is 46.2 Å². The fourth-order valence-corrected chi connectivity index (χ4v) is 6.72. The van der Waals surface area contributed by atoms with E-state index in [0.29, 0.717) is 37.2 Å². The Labute approximate surface area is 247 Å². The van der Waals surface area contributed by atoms with Crippen LogP contribution in [0.2, 0.25) is 0 Å². The summed E-state index contributed by atoms with van der Waals surface area (Å²) in [6.45, 7) is 0.303. The number of nitrogens with one attached hydrogen (secondary N) is 1. The summed E-state index contributed by atoms with van der Waals surface area (Å²) in [4.78, 5) is 41.2. The minimum absolute atomic E-state index is 0.0192. The Balaban J connectivity index is 1.26. The second-order valence-electron chi connectivity index (χ2n) is 10.7. The molecular formula is C28H27F2N7O5S. The molecule has 4 heterocycles. The van der Waals surface area contributed by atoms with E-state index in [1.807, 2.05) is 0 Å². The molecule has 1 spiro atoms. The molecule has 1 saturated carbocycles. The van der Waals surface area contributed by atoms with Gasteiger partial charge in [0, 0.05) is 50.8 Å². The molecule has 0 saturated heterocycles. The average Bonchev–Trinajstić information content (AvgIpc) is 3.69. The first-order valence-corrected chi connectivity index (χ1v) is 14.3. The molecule has 6 rings (SSSR count). The number of nitrogens with zero attached hydrogens (tertiary/aromatic N) is 6. The standard InChI is InChI=1S/C28H27F2N7O5S/c1-35-27(41)22-24(39)23(38)19(26-34-33-21(43-26)9-17-3-4-18(29)10-20(17)30)13-37(22)36(2)28(35)7-5-16(6-8-28)25(40)31-11-15-12-32-42-14-15/h3-4,10,12-14,16,39H,5-9,11H2,1-2H3,(H,31,40). The van der Waals surface area contributed by atoms with Crippen molar-refractivity contribution in [2.75, 3.05) is 19.1 Å². The van der Waals surface area contributed by atoms with Crippen LogP contribution < -0.4 is 15.8 Å². The molecule has 12 nitrogen and oxygen atoms in total. The Morgan fingerprint density at radius 2 is 1.98 bits per heavy atom. The number of aromatic hydroxyl groups is 1. The maximum Gasteiger partial charge on any atom is 0.278 e. The zero-order valence-electron chi connectivity index (χ0n) is 23.2. The van der Waals surface area contributed by atoms with Crippen molar-refractivity contribution < 1.29 is 28.0 Å². The predicted molar refractivity (Wildman–Crippen MR) is 150 cm³/mol. The molecule has 0 radical (unpaired) electrons. The number of halogens is 2. The first-order valence-electron chi connectivity index (χ1n) is 13.5. The number of carbonyl (C=O) groups excluding carboxylic acids is 2. The van der Waals surface area contributed by atoms with E-state index in [4.69, 9.17) is 4.52 Å². The van der Waals surface area contributed by atoms with E-state index in [0.717, 1.165) is 29.0 Å². The van der Waals surface area contributed by atoms with Crippen molar-refractivity contribution >= 4 is 23.2 Å². The van der Waals surface area contributed by atoms with Gasteiger partial charge in [-0.05, 0) is 37.3 Å². The highest BCUT2D eigenvalue weighted by Gasteiger charge is 2.50. The highest BCUT2D eigenvalue weighted by molar-refractivity contribution is 7.14. The molecule has 2 aliphatic rings. The van der Waals surface area contributed by atoms with E-state index >= 15 is 0 Å². The number of pyridine rings is 1. The lowest BCUT2D eigenvalue weighted by Gasteiger charge is -2.55. The van der Waals surface area contributed by atoms with Gasteiger partial charge in [0.15, 0.2) is 16.5 Å². The van der Waals surface area contributed by atoms with Crippen molar-refractivity contribution in [1.29, 1.82) is 0 Å². The van der Waals surface area contributed by atoms with E-state index < -0.39 is 34.4 Å². The molecule has 1 aromatic carbocycles. The highest BCUT2D eigenvalue weighted by atomic mass is 32.1. The molecule has 2 amide bonds. The number of fused-ring (bicyclic) bond motifs is 1. The van der Waals surface area contributed by atoms with Gasteiger partial charge < -0.3 is 19.8 Å². The first kappa shape index (κ1) is 28.5. The van der Waals surface area contributed by atoms with Crippen molar-refractivity contribution in [1.82, 2.24) is 30.2 Å². The Bertz CT molecular complexity index is 1770. The fraction of sp³-hybridized carbons (Fsp3) is 0.357. The fourth-order valence-electron chi connectivity index (χ4n) is 5.85. The van der Waals surface area contributed by atoms with Crippen molar-refractivity contribution in [2.45, 2.75) is 44.3 Å². The van der Waals surface area contributed by atoms with Crippen LogP contribution in [0.1, 0.15) is 52.3 Å². The van der Waals surface area contributed by atoms with Gasteiger partial charge in [0.2, 0.25) is 11.3 Å². The van der Waals surface area contributed by atoms with Crippen LogP contribution in [0.25, 0.3) is 10.6 Å². The molecule has 43 heavy (non-hydrogen) atoms. The van der Waals surface area contributed by atoms with Crippen molar-refractivity contribution in [3.05, 3.63) is 80.5 Å². The van der Waals surface area contributed by atoms with Gasteiger partial charge >= 0.3 is 0 Å². The summed E-state index contributed by atoms with van der Waals surface area (Å²) < 4.78 is 33.7. The van der Waals surface area contributed by atoms with Crippen LogP contribution in [0.4, 0.5) is 8.78 Å². The Kier molecular flexibility index (Phi) is 7.20. The van der Waals surface area contributed by atoms with E-state index in [9.17, 15) is 28.3 Å². The monoisotopic (exact) mass is 611 g/mol. The predicted octanol–water partition coefficient (Wildman–Crippen LogP) is 2.79. The van der Waals surface area contributed by atoms with E-state index in [-0.39, 0.29) is 40.1 Å². The zero-order valence-corrected chi connectivity index (χ0v) is 24.0. The summed E-state index contributed by atoms with van der Waals surface area (Å²) >= 11 is 1.03. The lowest BCUT2D eigenvalue weighted by Crippen LogP contribution is -2.69. The number of aromatic nitrogens is 4. The molecule has 15 heteroatoms. The topological polar surface area (TPSA) is 147 Å². The highest BCUT2D eigenvalue weighted by Crippen LogP contribution is 2.42. The number of amides is 2. The largest absolute Gasteiger partial charge is 0.502 e. The van der Waals surface area contributed by atoms with Gasteiger partial charge in [-0.15, -0.1) is 10.2 Å². The number of benzene rings is 1. The zero-order chi connectivity index (χ0) is 30.5. The minimum atomic E-state index is -0.819. The van der Waals surface area contributed by atoms with Crippen LogP contribution in [-0.4, -0.2) is 61.6 Å². The van der Waals surface area contributed by atoms with Crippen LogP contribution in [0.3, 0.4) is 0 Å². The van der Waals surface area contributed by atoms with Crippen molar-refractivity contribution in [2.24, 2.45) is 5.92 Å². The van der Waals surface area contributed by atoms with E-state index in [2.05, 4.69) is 20.7 Å². The van der Waals surface area contributed by atoms with E-state index in [1.54, 1.807) is 19.1 Å². The summed E-state index contributed by atoms with van der Waals surface area (Å²) in [5.74, 6) is -3.02. The third-order valence-electron chi connectivity index (χ3n) is 8.38. The normalized spacial score (nSPS) is 20.0. The number of hydrogen-bond donors (Lipinski definition) is 2. The second kappa shape index (κ2) is 10.9. The Morgan fingerprint density at radius 1 is 1.21 bits per heavy atom. The quantitative estimate of drug-likeness (QED) is 0.336. The summed E-state index contributed by atoms with van der Waals surface area (Å²) in [6, 6.07) is 3.24. The van der Waals surface area contributed by atoms with Gasteiger partial charge in [0.1, 0.15) is 28.6 Å². The van der Waals surface area contributed by atoms with Gasteiger partial charge in [-0.2, -0.15) is 0 Å². The lowest BCUT2D eigenvalue weighted by atomic mass is 9.79. The number of rotatable bonds is 6. The Hall–Kier alpha value is -4.66. The van der Waals surface area contributed by atoms with Gasteiger partial charge in [-0.1, -0.05) is 22.6 Å². The molecule has 1 aliphatic carbocycles. The van der Waals surface area contributed by atoms with Gasteiger partial charge in [-0.3, -0.25) is 24.1 Å². The SMILES string of the molecule is CN1C(=O)c2c(O)c(=O)c(-c3nnc(Cc4ccc(F)cc4F)s3)cn2N(C)C12CCC(C(=O)NCc1cnoc1)CC2.